The zero-order valence-electron chi connectivity index (χ0n) is 24.9. The van der Waals surface area contributed by atoms with Gasteiger partial charge in [0.15, 0.2) is 0 Å². The predicted octanol–water partition coefficient (Wildman–Crippen LogP) is 9.39. The summed E-state index contributed by atoms with van der Waals surface area (Å²) < 4.78 is 15.8. The molecule has 10 rings (SSSR count). The minimum absolute atomic E-state index is 0.244. The van der Waals surface area contributed by atoms with E-state index in [9.17, 15) is 0 Å². The number of ether oxygens (including phenoxy) is 1. The van der Waals surface area contributed by atoms with Crippen LogP contribution in [0.1, 0.15) is 0 Å². The maximum atomic E-state index is 6.85. The molecule has 0 fully saturated rings. The fourth-order valence-corrected chi connectivity index (χ4v) is 7.36. The number of rotatable bonds is 3. The van der Waals surface area contributed by atoms with Crippen LogP contribution in [0.4, 0.5) is 0 Å². The molecular weight excluding hydrogens is 561 g/mol. The van der Waals surface area contributed by atoms with Crippen LogP contribution < -0.4 is 20.3 Å². The Balaban J connectivity index is 1.07. The largest absolute Gasteiger partial charge is 0.551 e. The highest BCUT2D eigenvalue weighted by Gasteiger charge is 2.40. The fourth-order valence-electron chi connectivity index (χ4n) is 7.36. The van der Waals surface area contributed by atoms with Gasteiger partial charge in [0.1, 0.15) is 17.2 Å². The topological polar surface area (TPSA) is 23.4 Å². The minimum atomic E-state index is -0.244. The SMILES string of the molecule is c1ccc(-c2cccc(-c3ccc4c(c3)Oc3cccc5c3B4Oc3ccc(-n4c6ccccc6c6ccccc64)cc3-5)c2)cc1. The first-order valence-electron chi connectivity index (χ1n) is 15.7. The molecule has 1 aromatic heterocycles. The van der Waals surface area contributed by atoms with E-state index in [4.69, 9.17) is 9.39 Å². The number of hydrogen-bond donors (Lipinski definition) is 0. The Bertz CT molecular complexity index is 2440. The minimum Gasteiger partial charge on any atom is -0.551 e. The van der Waals surface area contributed by atoms with Gasteiger partial charge in [-0.2, -0.15) is 0 Å². The number of aromatic nitrogens is 1. The van der Waals surface area contributed by atoms with Crippen LogP contribution in [0.2, 0.25) is 0 Å². The van der Waals surface area contributed by atoms with E-state index in [-0.39, 0.29) is 6.92 Å². The van der Waals surface area contributed by atoms with E-state index in [1.165, 1.54) is 32.9 Å². The van der Waals surface area contributed by atoms with Crippen molar-refractivity contribution in [3.05, 3.63) is 158 Å². The summed E-state index contributed by atoms with van der Waals surface area (Å²) in [5, 5.41) is 2.50. The molecule has 0 N–H and O–H groups in total. The summed E-state index contributed by atoms with van der Waals surface area (Å²) in [4.78, 5) is 0. The average Bonchev–Trinajstić information content (AvgIpc) is 3.46. The Kier molecular flexibility index (Phi) is 5.37. The van der Waals surface area contributed by atoms with Crippen molar-refractivity contribution in [3.8, 4) is 56.3 Å². The van der Waals surface area contributed by atoms with E-state index in [0.717, 1.165) is 56.1 Å². The highest BCUT2D eigenvalue weighted by molar-refractivity contribution is 6.84. The van der Waals surface area contributed by atoms with Gasteiger partial charge in [-0.15, -0.1) is 0 Å². The highest BCUT2D eigenvalue weighted by atomic mass is 16.5. The molecule has 7 aromatic carbocycles. The lowest BCUT2D eigenvalue weighted by atomic mass is 9.51. The first-order chi connectivity index (χ1) is 22.8. The van der Waals surface area contributed by atoms with Gasteiger partial charge in [0, 0.05) is 32.9 Å². The zero-order valence-corrected chi connectivity index (χ0v) is 24.9. The normalized spacial score (nSPS) is 12.7. The third-order valence-corrected chi connectivity index (χ3v) is 9.48. The highest BCUT2D eigenvalue weighted by Crippen LogP contribution is 2.42. The van der Waals surface area contributed by atoms with Gasteiger partial charge in [0.2, 0.25) is 0 Å². The van der Waals surface area contributed by atoms with Crippen LogP contribution in [0.3, 0.4) is 0 Å². The Morgan fingerprint density at radius 1 is 0.435 bits per heavy atom. The Hall–Kier alpha value is -6.00. The quantitative estimate of drug-likeness (QED) is 0.192. The summed E-state index contributed by atoms with van der Waals surface area (Å²) in [6, 6.07) is 55.8. The van der Waals surface area contributed by atoms with E-state index in [1.54, 1.807) is 0 Å². The molecule has 0 aliphatic carbocycles. The van der Waals surface area contributed by atoms with Crippen LogP contribution in [0.25, 0.3) is 60.9 Å². The Morgan fingerprint density at radius 3 is 1.91 bits per heavy atom. The van der Waals surface area contributed by atoms with Crippen molar-refractivity contribution in [1.29, 1.82) is 0 Å². The molecule has 2 aliphatic heterocycles. The van der Waals surface area contributed by atoms with Crippen molar-refractivity contribution in [2.24, 2.45) is 0 Å². The van der Waals surface area contributed by atoms with Gasteiger partial charge >= 0.3 is 6.92 Å². The van der Waals surface area contributed by atoms with Crippen LogP contribution in [-0.2, 0) is 0 Å². The number of nitrogens with zero attached hydrogens (tertiary/aromatic N) is 1. The van der Waals surface area contributed by atoms with E-state index >= 15 is 0 Å². The molecule has 3 nitrogen and oxygen atoms in total. The molecule has 0 atom stereocenters. The molecule has 0 saturated heterocycles. The summed E-state index contributed by atoms with van der Waals surface area (Å²) in [5.41, 5.74) is 12.5. The number of fused-ring (bicyclic) bond motifs is 7. The maximum Gasteiger partial charge on any atom is 0.434 e. The lowest BCUT2D eigenvalue weighted by Gasteiger charge is -2.33. The van der Waals surface area contributed by atoms with Gasteiger partial charge in [-0.25, -0.2) is 0 Å². The molecule has 0 spiro atoms. The predicted molar refractivity (Wildman–Crippen MR) is 189 cm³/mol. The first kappa shape index (κ1) is 25.3. The monoisotopic (exact) mass is 587 g/mol. The second kappa shape index (κ2) is 9.75. The van der Waals surface area contributed by atoms with Crippen LogP contribution in [0.15, 0.2) is 158 Å². The molecule has 0 unspecified atom stereocenters. The third-order valence-electron chi connectivity index (χ3n) is 9.48. The second-order valence-electron chi connectivity index (χ2n) is 12.1. The molecule has 8 aromatic rings. The van der Waals surface area contributed by atoms with E-state index in [1.807, 2.05) is 6.07 Å². The second-order valence-corrected chi connectivity index (χ2v) is 12.1. The van der Waals surface area contributed by atoms with E-state index < -0.39 is 0 Å². The van der Waals surface area contributed by atoms with Crippen molar-refractivity contribution in [1.82, 2.24) is 4.57 Å². The van der Waals surface area contributed by atoms with Gasteiger partial charge in [-0.3, -0.25) is 0 Å². The summed E-state index contributed by atoms with van der Waals surface area (Å²) in [6.07, 6.45) is 0. The molecule has 214 valence electrons. The summed E-state index contributed by atoms with van der Waals surface area (Å²) in [6.45, 7) is -0.244. The lowest BCUT2D eigenvalue weighted by Crippen LogP contribution is -2.53. The van der Waals surface area contributed by atoms with Gasteiger partial charge in [0.05, 0.1) is 11.0 Å². The van der Waals surface area contributed by atoms with Crippen LogP contribution in [0.5, 0.6) is 17.2 Å². The molecule has 0 saturated carbocycles. The standard InChI is InChI=1S/C42H26BNO2/c1-2-10-27(11-3-1)28-12-8-13-29(24-28)30-20-22-36-41(25-30)45-40-19-9-16-34-35-26-31(21-23-39(35)46-43(36)42(34)40)44-37-17-6-4-14-32(37)33-15-5-7-18-38(33)44/h1-26H. The summed E-state index contributed by atoms with van der Waals surface area (Å²) in [7, 11) is 0. The molecule has 46 heavy (non-hydrogen) atoms. The van der Waals surface area contributed by atoms with Crippen molar-refractivity contribution in [2.45, 2.75) is 0 Å². The molecule has 3 heterocycles. The summed E-state index contributed by atoms with van der Waals surface area (Å²) in [5.74, 6) is 2.56. The third kappa shape index (κ3) is 3.74. The first-order valence-corrected chi connectivity index (χ1v) is 15.7. The van der Waals surface area contributed by atoms with E-state index in [0.29, 0.717) is 0 Å². The van der Waals surface area contributed by atoms with Gasteiger partial charge in [-0.05, 0) is 76.3 Å². The summed E-state index contributed by atoms with van der Waals surface area (Å²) >= 11 is 0. The van der Waals surface area contributed by atoms with Gasteiger partial charge < -0.3 is 14.0 Å². The molecule has 0 amide bonds. The Morgan fingerprint density at radius 2 is 1.11 bits per heavy atom. The number of benzene rings is 7. The zero-order chi connectivity index (χ0) is 30.2. The molecular formula is C42H26BNO2. The number of hydrogen-bond acceptors (Lipinski definition) is 2. The molecule has 0 radical (unpaired) electrons. The Labute approximate surface area is 267 Å². The van der Waals surface area contributed by atoms with Crippen LogP contribution in [-0.4, -0.2) is 11.5 Å². The smallest absolute Gasteiger partial charge is 0.434 e. The van der Waals surface area contributed by atoms with Crippen LogP contribution in [0, 0.1) is 0 Å². The molecule has 0 bridgehead atoms. The fraction of sp³-hybridized carbons (Fsp3) is 0. The van der Waals surface area contributed by atoms with Crippen molar-refractivity contribution in [2.75, 3.05) is 0 Å². The van der Waals surface area contributed by atoms with Gasteiger partial charge in [0.25, 0.3) is 0 Å². The van der Waals surface area contributed by atoms with Gasteiger partial charge in [-0.1, -0.05) is 109 Å². The van der Waals surface area contributed by atoms with Crippen molar-refractivity contribution >= 4 is 39.6 Å². The van der Waals surface area contributed by atoms with Crippen LogP contribution >= 0.6 is 0 Å². The number of para-hydroxylation sites is 2. The molecule has 2 aliphatic rings. The van der Waals surface area contributed by atoms with E-state index in [2.05, 4.69) is 156 Å². The average molecular weight is 587 g/mol. The maximum absolute atomic E-state index is 6.85. The van der Waals surface area contributed by atoms with Crippen molar-refractivity contribution in [3.63, 3.8) is 0 Å². The molecule has 4 heteroatoms. The lowest BCUT2D eigenvalue weighted by molar-refractivity contribution is 0.479. The van der Waals surface area contributed by atoms with Crippen molar-refractivity contribution < 1.29 is 9.39 Å².